The molecule has 0 amide bonds. The summed E-state index contributed by atoms with van der Waals surface area (Å²) in [5.41, 5.74) is 3.03. The molecule has 0 spiro atoms. The van der Waals surface area contributed by atoms with E-state index in [2.05, 4.69) is 47.8 Å². The average molecular weight is 495 g/mol. The van der Waals surface area contributed by atoms with Crippen LogP contribution in [0.5, 0.6) is 0 Å². The molecule has 0 bridgehead atoms. The molecular formula is C20H30O2S6. The Labute approximate surface area is 195 Å². The summed E-state index contributed by atoms with van der Waals surface area (Å²) < 4.78 is 1.32. The van der Waals surface area contributed by atoms with Gasteiger partial charge < -0.3 is 10.2 Å². The summed E-state index contributed by atoms with van der Waals surface area (Å²) in [4.78, 5) is 0. The van der Waals surface area contributed by atoms with Crippen molar-refractivity contribution in [2.24, 2.45) is 0 Å². The summed E-state index contributed by atoms with van der Waals surface area (Å²) >= 11 is 12.1. The number of rotatable bonds is 12. The summed E-state index contributed by atoms with van der Waals surface area (Å²) in [6.45, 7) is 0.648. The minimum atomic E-state index is 0.324. The summed E-state index contributed by atoms with van der Waals surface area (Å²) in [6, 6.07) is 8.95. The van der Waals surface area contributed by atoms with Gasteiger partial charge in [-0.05, 0) is 35.5 Å². The minimum Gasteiger partial charge on any atom is -0.395 e. The van der Waals surface area contributed by atoms with E-state index < -0.39 is 0 Å². The zero-order valence-electron chi connectivity index (χ0n) is 16.0. The average Bonchev–Trinajstić information content (AvgIpc) is 3.38. The molecule has 158 valence electrons. The molecule has 0 aromatic heterocycles. The molecule has 2 nitrogen and oxygen atoms in total. The number of aliphatic hydroxyl groups is 2. The fraction of sp³-hybridized carbons (Fsp3) is 0.700. The van der Waals surface area contributed by atoms with Crippen LogP contribution in [0.2, 0.25) is 0 Å². The Morgan fingerprint density at radius 3 is 1.64 bits per heavy atom. The van der Waals surface area contributed by atoms with E-state index in [1.165, 1.54) is 34.1 Å². The molecule has 1 aromatic carbocycles. The maximum atomic E-state index is 9.25. The van der Waals surface area contributed by atoms with E-state index in [4.69, 9.17) is 0 Å². The van der Waals surface area contributed by atoms with Gasteiger partial charge in [0.05, 0.1) is 22.4 Å². The third kappa shape index (κ3) is 8.06. The van der Waals surface area contributed by atoms with Gasteiger partial charge in [0.25, 0.3) is 0 Å². The molecule has 2 saturated heterocycles. The Morgan fingerprint density at radius 2 is 1.25 bits per heavy atom. The standard InChI is InChI=1S/C20H30O2S6/c21-9-17-11-25-19(27-17)13-23-7-5-15-3-1-2-4-16(15)6-8-24-14-20-26-12-18(10-22)28-20/h1-4,17-22H,5-14H2. The third-order valence-corrected chi connectivity index (χ3v) is 14.2. The lowest BCUT2D eigenvalue weighted by Crippen LogP contribution is -2.07. The van der Waals surface area contributed by atoms with Gasteiger partial charge in [-0.25, -0.2) is 0 Å². The van der Waals surface area contributed by atoms with Crippen LogP contribution in [0.15, 0.2) is 24.3 Å². The van der Waals surface area contributed by atoms with Gasteiger partial charge in [0.15, 0.2) is 0 Å². The van der Waals surface area contributed by atoms with E-state index in [-0.39, 0.29) is 0 Å². The Bertz CT molecular complexity index is 526. The van der Waals surface area contributed by atoms with E-state index in [0.717, 1.165) is 24.3 Å². The first-order chi connectivity index (χ1) is 13.8. The Kier molecular flexibility index (Phi) is 11.6. The van der Waals surface area contributed by atoms with E-state index in [9.17, 15) is 10.2 Å². The number of aryl methyl sites for hydroxylation is 2. The van der Waals surface area contributed by atoms with Crippen molar-refractivity contribution in [2.75, 3.05) is 47.7 Å². The lowest BCUT2D eigenvalue weighted by atomic mass is 10.0. The highest BCUT2D eigenvalue weighted by Crippen LogP contribution is 2.40. The van der Waals surface area contributed by atoms with E-state index in [0.29, 0.717) is 32.9 Å². The number of benzene rings is 1. The van der Waals surface area contributed by atoms with Crippen molar-refractivity contribution in [3.8, 4) is 0 Å². The van der Waals surface area contributed by atoms with Crippen LogP contribution in [0.1, 0.15) is 11.1 Å². The molecule has 2 N–H and O–H groups in total. The lowest BCUT2D eigenvalue weighted by Gasteiger charge is -2.12. The van der Waals surface area contributed by atoms with Crippen molar-refractivity contribution >= 4 is 70.6 Å². The van der Waals surface area contributed by atoms with Crippen LogP contribution in [-0.2, 0) is 12.8 Å². The highest BCUT2D eigenvalue weighted by atomic mass is 32.2. The van der Waals surface area contributed by atoms with Crippen molar-refractivity contribution in [3.63, 3.8) is 0 Å². The Balaban J connectivity index is 1.31. The normalized spacial score (nSPS) is 27.5. The highest BCUT2D eigenvalue weighted by Gasteiger charge is 2.25. The van der Waals surface area contributed by atoms with E-state index in [1.54, 1.807) is 0 Å². The van der Waals surface area contributed by atoms with Gasteiger partial charge in [-0.1, -0.05) is 24.3 Å². The fourth-order valence-electron chi connectivity index (χ4n) is 3.15. The molecule has 2 heterocycles. The van der Waals surface area contributed by atoms with Crippen molar-refractivity contribution in [2.45, 2.75) is 32.5 Å². The second-order valence-corrected chi connectivity index (χ2v) is 15.2. The largest absolute Gasteiger partial charge is 0.395 e. The van der Waals surface area contributed by atoms with Crippen molar-refractivity contribution in [1.82, 2.24) is 0 Å². The molecule has 2 aliphatic heterocycles. The minimum absolute atomic E-state index is 0.324. The molecule has 8 heteroatoms. The summed E-state index contributed by atoms with van der Waals surface area (Å²) in [6.07, 6.45) is 2.31. The first kappa shape index (κ1) is 23.9. The van der Waals surface area contributed by atoms with Gasteiger partial charge in [0.1, 0.15) is 0 Å². The van der Waals surface area contributed by atoms with Gasteiger partial charge in [-0.3, -0.25) is 0 Å². The topological polar surface area (TPSA) is 40.5 Å². The molecule has 0 saturated carbocycles. The summed E-state index contributed by atoms with van der Waals surface area (Å²) in [5, 5.41) is 19.4. The zero-order chi connectivity index (χ0) is 19.6. The first-order valence-electron chi connectivity index (χ1n) is 9.76. The molecule has 2 fully saturated rings. The highest BCUT2D eigenvalue weighted by molar-refractivity contribution is 8.22. The molecule has 0 aliphatic carbocycles. The molecule has 0 radical (unpaired) electrons. The second-order valence-electron chi connectivity index (χ2n) is 6.83. The van der Waals surface area contributed by atoms with Gasteiger partial charge in [0, 0.05) is 33.5 Å². The van der Waals surface area contributed by atoms with Crippen LogP contribution in [0.25, 0.3) is 0 Å². The molecule has 1 aromatic rings. The van der Waals surface area contributed by atoms with Gasteiger partial charge in [-0.2, -0.15) is 23.5 Å². The maximum absolute atomic E-state index is 9.25. The van der Waals surface area contributed by atoms with Crippen LogP contribution in [0.4, 0.5) is 0 Å². The van der Waals surface area contributed by atoms with Gasteiger partial charge in [0.2, 0.25) is 0 Å². The molecule has 4 unspecified atom stereocenters. The molecule has 4 atom stereocenters. The molecular weight excluding hydrogens is 465 g/mol. The second kappa shape index (κ2) is 13.6. The number of aliphatic hydroxyl groups excluding tert-OH is 2. The maximum Gasteiger partial charge on any atom is 0.0597 e. The molecule has 2 aliphatic rings. The number of thioether (sulfide) groups is 6. The predicted molar refractivity (Wildman–Crippen MR) is 138 cm³/mol. The smallest absolute Gasteiger partial charge is 0.0597 e. The predicted octanol–water partition coefficient (Wildman–Crippen LogP) is 4.57. The first-order valence-corrected chi connectivity index (χ1v) is 16.1. The SMILES string of the molecule is OCC1CSC(CSCCc2ccccc2CCSCC2SCC(CO)S2)S1. The summed E-state index contributed by atoms with van der Waals surface area (Å²) in [5.74, 6) is 6.95. The van der Waals surface area contributed by atoms with E-state index >= 15 is 0 Å². The van der Waals surface area contributed by atoms with Crippen molar-refractivity contribution < 1.29 is 10.2 Å². The van der Waals surface area contributed by atoms with Crippen LogP contribution < -0.4 is 0 Å². The zero-order valence-corrected chi connectivity index (χ0v) is 20.9. The number of hydrogen-bond donors (Lipinski definition) is 2. The van der Waals surface area contributed by atoms with Gasteiger partial charge in [-0.15, -0.1) is 47.0 Å². The van der Waals surface area contributed by atoms with E-state index in [1.807, 2.05) is 47.0 Å². The van der Waals surface area contributed by atoms with Crippen molar-refractivity contribution in [1.29, 1.82) is 0 Å². The van der Waals surface area contributed by atoms with Crippen LogP contribution in [0.3, 0.4) is 0 Å². The van der Waals surface area contributed by atoms with Crippen LogP contribution in [-0.4, -0.2) is 77.6 Å². The Morgan fingerprint density at radius 1 is 0.786 bits per heavy atom. The van der Waals surface area contributed by atoms with Crippen LogP contribution in [0, 0.1) is 0 Å². The monoisotopic (exact) mass is 494 g/mol. The summed E-state index contributed by atoms with van der Waals surface area (Å²) in [7, 11) is 0. The molecule has 28 heavy (non-hydrogen) atoms. The van der Waals surface area contributed by atoms with Crippen molar-refractivity contribution in [3.05, 3.63) is 35.4 Å². The quantitative estimate of drug-likeness (QED) is 0.410. The lowest BCUT2D eigenvalue weighted by molar-refractivity contribution is 0.301. The number of hydrogen-bond acceptors (Lipinski definition) is 8. The third-order valence-electron chi connectivity index (χ3n) is 4.69. The van der Waals surface area contributed by atoms with Crippen LogP contribution >= 0.6 is 70.6 Å². The Hall–Kier alpha value is 1.24. The molecule has 3 rings (SSSR count). The van der Waals surface area contributed by atoms with Gasteiger partial charge >= 0.3 is 0 Å². The fourth-order valence-corrected chi connectivity index (χ4v) is 12.4.